The third-order valence-corrected chi connectivity index (χ3v) is 3.49. The molecular formula is C15H20FNO2. The summed E-state index contributed by atoms with van der Waals surface area (Å²) < 4.78 is 19.6. The molecule has 0 bridgehead atoms. The number of carbonyl (C=O) groups excluding carboxylic acids is 1. The maximum Gasteiger partial charge on any atom is 0.164 e. The highest BCUT2D eigenvalue weighted by Crippen LogP contribution is 2.26. The Morgan fingerprint density at radius 3 is 3.00 bits per heavy atom. The van der Waals surface area contributed by atoms with Gasteiger partial charge in [-0.05, 0) is 31.9 Å². The van der Waals surface area contributed by atoms with Gasteiger partial charge in [0.1, 0.15) is 5.82 Å². The maximum absolute atomic E-state index is 13.9. The quantitative estimate of drug-likeness (QED) is 0.787. The molecule has 1 aliphatic rings. The predicted octanol–water partition coefficient (Wildman–Crippen LogP) is 3.03. The van der Waals surface area contributed by atoms with Crippen LogP contribution < -0.4 is 4.90 Å². The van der Waals surface area contributed by atoms with Gasteiger partial charge in [-0.1, -0.05) is 13.0 Å². The van der Waals surface area contributed by atoms with Crippen LogP contribution in [0.5, 0.6) is 0 Å². The van der Waals surface area contributed by atoms with Crippen molar-refractivity contribution in [3.05, 3.63) is 29.6 Å². The average Bonchev–Trinajstić information content (AvgIpc) is 2.63. The number of rotatable bonds is 3. The second kappa shape index (κ2) is 6.15. The second-order valence-electron chi connectivity index (χ2n) is 4.89. The fraction of sp³-hybridized carbons (Fsp3) is 0.533. The van der Waals surface area contributed by atoms with E-state index in [1.807, 2.05) is 6.07 Å². The lowest BCUT2D eigenvalue weighted by Gasteiger charge is -2.27. The molecule has 1 fully saturated rings. The zero-order valence-electron chi connectivity index (χ0n) is 11.5. The Labute approximate surface area is 113 Å². The van der Waals surface area contributed by atoms with Gasteiger partial charge in [-0.15, -0.1) is 0 Å². The first kappa shape index (κ1) is 14.0. The molecule has 0 radical (unpaired) electrons. The van der Waals surface area contributed by atoms with Gasteiger partial charge in [0.25, 0.3) is 0 Å². The van der Waals surface area contributed by atoms with Crippen molar-refractivity contribution in [1.29, 1.82) is 0 Å². The van der Waals surface area contributed by atoms with Crippen molar-refractivity contribution in [1.82, 2.24) is 0 Å². The molecule has 1 saturated heterocycles. The molecule has 104 valence electrons. The van der Waals surface area contributed by atoms with Crippen molar-refractivity contribution in [2.24, 2.45) is 0 Å². The number of hydrogen-bond donors (Lipinski definition) is 0. The van der Waals surface area contributed by atoms with E-state index in [-0.39, 0.29) is 17.5 Å². The van der Waals surface area contributed by atoms with Crippen LogP contribution in [0.3, 0.4) is 0 Å². The van der Waals surface area contributed by atoms with Crippen LogP contribution >= 0.6 is 0 Å². The van der Waals surface area contributed by atoms with Gasteiger partial charge >= 0.3 is 0 Å². The fourth-order valence-electron chi connectivity index (χ4n) is 2.49. The zero-order valence-corrected chi connectivity index (χ0v) is 11.5. The third kappa shape index (κ3) is 3.13. The lowest BCUT2D eigenvalue weighted by molar-refractivity contribution is 0.0664. The van der Waals surface area contributed by atoms with Crippen LogP contribution in [-0.2, 0) is 4.74 Å². The Hall–Kier alpha value is -1.42. The molecule has 1 unspecified atom stereocenters. The highest BCUT2D eigenvalue weighted by molar-refractivity contribution is 6.00. The highest BCUT2D eigenvalue weighted by Gasteiger charge is 2.22. The first-order valence-corrected chi connectivity index (χ1v) is 6.79. The van der Waals surface area contributed by atoms with Crippen LogP contribution in [0, 0.1) is 5.82 Å². The number of Topliss-reactive ketones (excluding diaryl/α,β-unsaturated/α-hetero) is 1. The minimum atomic E-state index is -0.441. The SMILES string of the molecule is CCC1CN(c2cccc(F)c2C(C)=O)CCCO1. The molecule has 0 amide bonds. The van der Waals surface area contributed by atoms with E-state index < -0.39 is 5.82 Å². The Bertz CT molecular complexity index is 461. The molecule has 19 heavy (non-hydrogen) atoms. The summed E-state index contributed by atoms with van der Waals surface area (Å²) in [6, 6.07) is 4.81. The molecule has 1 atom stereocenters. The molecular weight excluding hydrogens is 245 g/mol. The summed E-state index contributed by atoms with van der Waals surface area (Å²) in [5.74, 6) is -0.672. The normalized spacial score (nSPS) is 20.2. The fourth-order valence-corrected chi connectivity index (χ4v) is 2.49. The van der Waals surface area contributed by atoms with Crippen LogP contribution in [0.1, 0.15) is 37.0 Å². The lowest BCUT2D eigenvalue weighted by Crippen LogP contribution is -2.32. The number of anilines is 1. The van der Waals surface area contributed by atoms with E-state index in [1.165, 1.54) is 13.0 Å². The van der Waals surface area contributed by atoms with Gasteiger partial charge < -0.3 is 9.64 Å². The summed E-state index contributed by atoms with van der Waals surface area (Å²) in [6.07, 6.45) is 1.96. The van der Waals surface area contributed by atoms with Crippen LogP contribution in [0.15, 0.2) is 18.2 Å². The molecule has 4 heteroatoms. The number of carbonyl (C=O) groups is 1. The monoisotopic (exact) mass is 265 g/mol. The van der Waals surface area contributed by atoms with E-state index in [0.717, 1.165) is 26.0 Å². The zero-order chi connectivity index (χ0) is 13.8. The number of nitrogens with zero attached hydrogens (tertiary/aromatic N) is 1. The molecule has 0 spiro atoms. The van der Waals surface area contributed by atoms with Gasteiger partial charge in [0.05, 0.1) is 17.4 Å². The van der Waals surface area contributed by atoms with E-state index in [2.05, 4.69) is 11.8 Å². The summed E-state index contributed by atoms with van der Waals surface area (Å²) in [5, 5.41) is 0. The molecule has 0 aliphatic carbocycles. The van der Waals surface area contributed by atoms with Crippen LogP contribution in [0.25, 0.3) is 0 Å². The topological polar surface area (TPSA) is 29.5 Å². The Balaban J connectivity index is 2.34. The first-order valence-electron chi connectivity index (χ1n) is 6.79. The van der Waals surface area contributed by atoms with E-state index in [4.69, 9.17) is 4.74 Å². The molecule has 1 heterocycles. The van der Waals surface area contributed by atoms with Crippen molar-refractivity contribution < 1.29 is 13.9 Å². The number of ether oxygens (including phenoxy) is 1. The van der Waals surface area contributed by atoms with Crippen LogP contribution in [0.4, 0.5) is 10.1 Å². The molecule has 0 saturated carbocycles. The van der Waals surface area contributed by atoms with Crippen molar-refractivity contribution in [3.8, 4) is 0 Å². The predicted molar refractivity (Wildman–Crippen MR) is 73.3 cm³/mol. The average molecular weight is 265 g/mol. The van der Waals surface area contributed by atoms with Gasteiger partial charge in [-0.2, -0.15) is 0 Å². The molecule has 1 aliphatic heterocycles. The van der Waals surface area contributed by atoms with Crippen molar-refractivity contribution in [2.45, 2.75) is 32.8 Å². The minimum absolute atomic E-state index is 0.144. The van der Waals surface area contributed by atoms with E-state index >= 15 is 0 Å². The Morgan fingerprint density at radius 2 is 2.32 bits per heavy atom. The number of hydrogen-bond acceptors (Lipinski definition) is 3. The first-order chi connectivity index (χ1) is 9.13. The third-order valence-electron chi connectivity index (χ3n) is 3.49. The summed E-state index contributed by atoms with van der Waals surface area (Å²) in [7, 11) is 0. The maximum atomic E-state index is 13.9. The van der Waals surface area contributed by atoms with Crippen LogP contribution in [-0.4, -0.2) is 31.6 Å². The van der Waals surface area contributed by atoms with E-state index in [9.17, 15) is 9.18 Å². The summed E-state index contributed by atoms with van der Waals surface area (Å²) in [5.41, 5.74) is 0.885. The molecule has 1 aromatic carbocycles. The number of benzene rings is 1. The molecule has 2 rings (SSSR count). The number of ketones is 1. The van der Waals surface area contributed by atoms with Gasteiger partial charge in [0.2, 0.25) is 0 Å². The largest absolute Gasteiger partial charge is 0.376 e. The van der Waals surface area contributed by atoms with Crippen molar-refractivity contribution in [3.63, 3.8) is 0 Å². The van der Waals surface area contributed by atoms with Crippen molar-refractivity contribution >= 4 is 11.5 Å². The van der Waals surface area contributed by atoms with Gasteiger partial charge in [-0.25, -0.2) is 4.39 Å². The summed E-state index contributed by atoms with van der Waals surface area (Å²) in [4.78, 5) is 13.7. The smallest absolute Gasteiger partial charge is 0.164 e. The van der Waals surface area contributed by atoms with Gasteiger partial charge in [-0.3, -0.25) is 4.79 Å². The van der Waals surface area contributed by atoms with E-state index in [0.29, 0.717) is 12.2 Å². The Kier molecular flexibility index (Phi) is 4.53. The molecule has 3 nitrogen and oxygen atoms in total. The minimum Gasteiger partial charge on any atom is -0.376 e. The molecule has 1 aromatic rings. The second-order valence-corrected chi connectivity index (χ2v) is 4.89. The van der Waals surface area contributed by atoms with Crippen molar-refractivity contribution in [2.75, 3.05) is 24.6 Å². The molecule has 0 aromatic heterocycles. The lowest BCUT2D eigenvalue weighted by atomic mass is 10.1. The molecule has 0 N–H and O–H groups in total. The summed E-state index contributed by atoms with van der Waals surface area (Å²) >= 11 is 0. The standard InChI is InChI=1S/C15H20FNO2/c1-3-12-10-17(8-5-9-19-12)14-7-4-6-13(16)15(14)11(2)18/h4,6-7,12H,3,5,8-10H2,1-2H3. The van der Waals surface area contributed by atoms with Gasteiger partial charge in [0, 0.05) is 19.7 Å². The van der Waals surface area contributed by atoms with Gasteiger partial charge in [0.15, 0.2) is 5.78 Å². The Morgan fingerprint density at radius 1 is 1.53 bits per heavy atom. The summed E-state index contributed by atoms with van der Waals surface area (Å²) in [6.45, 7) is 5.71. The highest BCUT2D eigenvalue weighted by atomic mass is 19.1. The van der Waals surface area contributed by atoms with Crippen LogP contribution in [0.2, 0.25) is 0 Å². The number of halogens is 1. The van der Waals surface area contributed by atoms with E-state index in [1.54, 1.807) is 6.07 Å².